The Labute approximate surface area is 56.2 Å². The zero-order chi connectivity index (χ0) is 6.53. The van der Waals surface area contributed by atoms with Crippen LogP contribution in [0.3, 0.4) is 0 Å². The summed E-state index contributed by atoms with van der Waals surface area (Å²) in [6.45, 7) is 7.09. The predicted molar refractivity (Wildman–Crippen MR) is 35.1 cm³/mol. The molecule has 0 aromatic rings. The fraction of sp³-hybridized carbons (Fsp3) is 0.857. The fourth-order valence-electron chi connectivity index (χ4n) is 0.733. The van der Waals surface area contributed by atoms with E-state index in [4.69, 9.17) is 9.47 Å². The molecule has 9 heavy (non-hydrogen) atoms. The van der Waals surface area contributed by atoms with E-state index in [0.29, 0.717) is 5.92 Å². The van der Waals surface area contributed by atoms with E-state index in [1.807, 2.05) is 0 Å². The summed E-state index contributed by atoms with van der Waals surface area (Å²) in [5.41, 5.74) is 0. The summed E-state index contributed by atoms with van der Waals surface area (Å²) in [7, 11) is 0. The van der Waals surface area contributed by atoms with Gasteiger partial charge in [-0.2, -0.15) is 0 Å². The van der Waals surface area contributed by atoms with Crippen LogP contribution in [-0.4, -0.2) is 26.4 Å². The molecule has 1 heterocycles. The molecule has 0 aliphatic carbocycles. The lowest BCUT2D eigenvalue weighted by Crippen LogP contribution is -2.31. The summed E-state index contributed by atoms with van der Waals surface area (Å²) in [4.78, 5) is 0. The largest absolute Gasteiger partial charge is 0.381 e. The van der Waals surface area contributed by atoms with Gasteiger partial charge in [0.15, 0.2) is 0 Å². The first kappa shape index (κ1) is 7.03. The third-order valence-corrected chi connectivity index (χ3v) is 1.35. The average molecular weight is 129 g/mol. The Bertz CT molecular complexity index is 69.3. The topological polar surface area (TPSA) is 18.5 Å². The second kappa shape index (κ2) is 3.85. The standard InChI is InChI=1S/C7H13O2/c1-2-3-8-4-7-5-9-6-7/h7H,1-6H2. The van der Waals surface area contributed by atoms with E-state index in [1.165, 1.54) is 0 Å². The van der Waals surface area contributed by atoms with Crippen LogP contribution in [0.25, 0.3) is 0 Å². The van der Waals surface area contributed by atoms with Crippen molar-refractivity contribution >= 4 is 0 Å². The van der Waals surface area contributed by atoms with Gasteiger partial charge >= 0.3 is 0 Å². The van der Waals surface area contributed by atoms with E-state index >= 15 is 0 Å². The maximum Gasteiger partial charge on any atom is 0.0538 e. The highest BCUT2D eigenvalue weighted by Gasteiger charge is 2.17. The van der Waals surface area contributed by atoms with Crippen molar-refractivity contribution in [2.45, 2.75) is 6.42 Å². The first-order valence-corrected chi connectivity index (χ1v) is 3.38. The molecule has 0 unspecified atom stereocenters. The second-order valence-corrected chi connectivity index (χ2v) is 2.33. The summed E-state index contributed by atoms with van der Waals surface area (Å²) in [5.74, 6) is 0.663. The van der Waals surface area contributed by atoms with Gasteiger partial charge in [-0.15, -0.1) is 0 Å². The van der Waals surface area contributed by atoms with Crippen LogP contribution in [0.5, 0.6) is 0 Å². The molecule has 1 aliphatic rings. The van der Waals surface area contributed by atoms with Crippen molar-refractivity contribution in [3.05, 3.63) is 6.92 Å². The van der Waals surface area contributed by atoms with Gasteiger partial charge in [0.25, 0.3) is 0 Å². The summed E-state index contributed by atoms with van der Waals surface area (Å²) in [5, 5.41) is 0. The fourth-order valence-corrected chi connectivity index (χ4v) is 0.733. The van der Waals surface area contributed by atoms with E-state index in [-0.39, 0.29) is 0 Å². The molecule has 0 aromatic heterocycles. The van der Waals surface area contributed by atoms with Crippen LogP contribution in [0.2, 0.25) is 0 Å². The third-order valence-electron chi connectivity index (χ3n) is 1.35. The molecule has 0 atom stereocenters. The average Bonchev–Trinajstić information content (AvgIpc) is 1.76. The summed E-state index contributed by atoms with van der Waals surface area (Å²) < 4.78 is 10.2. The monoisotopic (exact) mass is 129 g/mol. The predicted octanol–water partition coefficient (Wildman–Crippen LogP) is 0.874. The van der Waals surface area contributed by atoms with Gasteiger partial charge in [0.05, 0.1) is 19.8 Å². The molecule has 2 nitrogen and oxygen atoms in total. The summed E-state index contributed by atoms with van der Waals surface area (Å²) >= 11 is 0. The normalized spacial score (nSPS) is 19.7. The molecule has 0 saturated carbocycles. The molecule has 0 N–H and O–H groups in total. The van der Waals surface area contributed by atoms with Gasteiger partial charge in [-0.25, -0.2) is 0 Å². The lowest BCUT2D eigenvalue weighted by molar-refractivity contribution is -0.0709. The summed E-state index contributed by atoms with van der Waals surface area (Å²) in [6.07, 6.45) is 0.869. The molecule has 1 radical (unpaired) electrons. The first-order valence-electron chi connectivity index (χ1n) is 3.38. The number of ether oxygens (including phenoxy) is 2. The minimum Gasteiger partial charge on any atom is -0.381 e. The van der Waals surface area contributed by atoms with Gasteiger partial charge in [-0.3, -0.25) is 0 Å². The van der Waals surface area contributed by atoms with Gasteiger partial charge in [-0.05, 0) is 6.42 Å². The SMILES string of the molecule is [CH2]CCOCC1COC1. The van der Waals surface area contributed by atoms with Crippen LogP contribution in [0, 0.1) is 12.8 Å². The second-order valence-electron chi connectivity index (χ2n) is 2.33. The molecule has 1 saturated heterocycles. The van der Waals surface area contributed by atoms with E-state index in [9.17, 15) is 0 Å². The molecule has 1 fully saturated rings. The molecule has 2 heteroatoms. The first-order chi connectivity index (χ1) is 4.43. The zero-order valence-corrected chi connectivity index (χ0v) is 5.64. The quantitative estimate of drug-likeness (QED) is 0.524. The molecule has 53 valence electrons. The Morgan fingerprint density at radius 3 is 2.78 bits per heavy atom. The smallest absolute Gasteiger partial charge is 0.0538 e. The van der Waals surface area contributed by atoms with Crippen molar-refractivity contribution in [2.75, 3.05) is 26.4 Å². The Morgan fingerprint density at radius 2 is 2.33 bits per heavy atom. The van der Waals surface area contributed by atoms with Crippen molar-refractivity contribution in [3.63, 3.8) is 0 Å². The van der Waals surface area contributed by atoms with Crippen LogP contribution in [-0.2, 0) is 9.47 Å². The van der Waals surface area contributed by atoms with Crippen LogP contribution in [0.1, 0.15) is 6.42 Å². The maximum absolute atomic E-state index is 5.24. The van der Waals surface area contributed by atoms with Crippen molar-refractivity contribution < 1.29 is 9.47 Å². The van der Waals surface area contributed by atoms with Crippen molar-refractivity contribution in [1.29, 1.82) is 0 Å². The van der Waals surface area contributed by atoms with E-state index in [0.717, 1.165) is 32.8 Å². The molecule has 0 bridgehead atoms. The van der Waals surface area contributed by atoms with Crippen molar-refractivity contribution in [1.82, 2.24) is 0 Å². The zero-order valence-electron chi connectivity index (χ0n) is 5.64. The van der Waals surface area contributed by atoms with E-state index in [1.54, 1.807) is 0 Å². The van der Waals surface area contributed by atoms with Gasteiger partial charge in [-0.1, -0.05) is 6.92 Å². The lowest BCUT2D eigenvalue weighted by Gasteiger charge is -2.25. The van der Waals surface area contributed by atoms with Gasteiger partial charge in [0.2, 0.25) is 0 Å². The molecule has 0 spiro atoms. The van der Waals surface area contributed by atoms with E-state index < -0.39 is 0 Å². The number of hydrogen-bond acceptors (Lipinski definition) is 2. The third kappa shape index (κ3) is 2.33. The highest BCUT2D eigenvalue weighted by molar-refractivity contribution is 4.63. The Morgan fingerprint density at radius 1 is 1.56 bits per heavy atom. The minimum absolute atomic E-state index is 0.663. The molecular weight excluding hydrogens is 116 g/mol. The number of hydrogen-bond donors (Lipinski definition) is 0. The van der Waals surface area contributed by atoms with Crippen LogP contribution >= 0.6 is 0 Å². The summed E-state index contributed by atoms with van der Waals surface area (Å²) in [6, 6.07) is 0. The van der Waals surface area contributed by atoms with Crippen molar-refractivity contribution in [2.24, 2.45) is 5.92 Å². The Hall–Kier alpha value is -0.0800. The van der Waals surface area contributed by atoms with E-state index in [2.05, 4.69) is 6.92 Å². The van der Waals surface area contributed by atoms with Gasteiger partial charge in [0, 0.05) is 12.5 Å². The molecule has 0 aromatic carbocycles. The highest BCUT2D eigenvalue weighted by atomic mass is 16.5. The van der Waals surface area contributed by atoms with Gasteiger partial charge in [0.1, 0.15) is 0 Å². The number of rotatable bonds is 4. The molecule has 0 amide bonds. The van der Waals surface area contributed by atoms with Gasteiger partial charge < -0.3 is 9.47 Å². The lowest BCUT2D eigenvalue weighted by atomic mass is 10.1. The van der Waals surface area contributed by atoms with Crippen LogP contribution in [0.15, 0.2) is 0 Å². The molecule has 1 aliphatic heterocycles. The Kier molecular flexibility index (Phi) is 3.01. The molecular formula is C7H13O2. The highest BCUT2D eigenvalue weighted by Crippen LogP contribution is 2.09. The van der Waals surface area contributed by atoms with Crippen molar-refractivity contribution in [3.8, 4) is 0 Å². The maximum atomic E-state index is 5.24. The minimum atomic E-state index is 0.663. The van der Waals surface area contributed by atoms with Crippen LogP contribution in [0.4, 0.5) is 0 Å². The molecule has 1 rings (SSSR count). The Balaban J connectivity index is 1.80. The van der Waals surface area contributed by atoms with Crippen LogP contribution < -0.4 is 0 Å².